The van der Waals surface area contributed by atoms with Gasteiger partial charge in [-0.2, -0.15) is 0 Å². The SMILES string of the molecule is CC(C)=CCC/C(C)=C/C(c1ccccc1)[Si](C)(C)C. The van der Waals surface area contributed by atoms with Gasteiger partial charge in [0.25, 0.3) is 0 Å². The molecule has 0 aliphatic heterocycles. The first-order valence-electron chi connectivity index (χ1n) is 7.66. The Morgan fingerprint density at radius 2 is 1.65 bits per heavy atom. The Kier molecular flexibility index (Phi) is 6.48. The molecule has 0 saturated carbocycles. The van der Waals surface area contributed by atoms with Crippen molar-refractivity contribution in [1.29, 1.82) is 0 Å². The summed E-state index contributed by atoms with van der Waals surface area (Å²) in [4.78, 5) is 0. The maximum Gasteiger partial charge on any atom is 0.0565 e. The van der Waals surface area contributed by atoms with Gasteiger partial charge in [0.15, 0.2) is 0 Å². The van der Waals surface area contributed by atoms with E-state index in [2.05, 4.69) is 82.9 Å². The zero-order valence-electron chi connectivity index (χ0n) is 14.0. The minimum absolute atomic E-state index is 0.621. The first-order chi connectivity index (χ1) is 9.30. The summed E-state index contributed by atoms with van der Waals surface area (Å²) < 4.78 is 0. The van der Waals surface area contributed by atoms with Crippen molar-refractivity contribution >= 4 is 8.07 Å². The lowest BCUT2D eigenvalue weighted by atomic mass is 10.1. The number of rotatable bonds is 6. The van der Waals surface area contributed by atoms with Crippen LogP contribution in [-0.2, 0) is 0 Å². The maximum atomic E-state index is 2.53. The Hall–Kier alpha value is -1.08. The third-order valence-corrected chi connectivity index (χ3v) is 6.00. The fourth-order valence-corrected chi connectivity index (χ4v) is 4.44. The van der Waals surface area contributed by atoms with Crippen LogP contribution in [0.4, 0.5) is 0 Å². The molecular weight excluding hydrogens is 256 g/mol. The summed E-state index contributed by atoms with van der Waals surface area (Å²) in [5, 5.41) is 0. The summed E-state index contributed by atoms with van der Waals surface area (Å²) in [6.45, 7) is 14.0. The Balaban J connectivity index is 2.88. The predicted octanol–water partition coefficient (Wildman–Crippen LogP) is 6.34. The fourth-order valence-electron chi connectivity index (χ4n) is 2.46. The number of hydrogen-bond acceptors (Lipinski definition) is 0. The molecule has 0 aromatic heterocycles. The van der Waals surface area contributed by atoms with Crippen molar-refractivity contribution in [3.63, 3.8) is 0 Å². The van der Waals surface area contributed by atoms with E-state index in [0.29, 0.717) is 5.54 Å². The van der Waals surface area contributed by atoms with Gasteiger partial charge in [-0.3, -0.25) is 0 Å². The molecule has 0 radical (unpaired) electrons. The standard InChI is InChI=1S/C19H30Si/c1-16(2)11-10-12-17(3)15-19(20(4,5)6)18-13-8-7-9-14-18/h7-9,11,13-15,19H,10,12H2,1-6H3/b17-15+. The van der Waals surface area contributed by atoms with Crippen LogP contribution in [0, 0.1) is 0 Å². The average molecular weight is 287 g/mol. The van der Waals surface area contributed by atoms with Crippen LogP contribution in [0.15, 0.2) is 53.6 Å². The number of allylic oxidation sites excluding steroid dienone is 4. The molecule has 0 fully saturated rings. The van der Waals surface area contributed by atoms with Crippen molar-refractivity contribution in [3.8, 4) is 0 Å². The van der Waals surface area contributed by atoms with Gasteiger partial charge in [0.05, 0.1) is 8.07 Å². The summed E-state index contributed by atoms with van der Waals surface area (Å²) >= 11 is 0. The van der Waals surface area contributed by atoms with Gasteiger partial charge in [-0.05, 0) is 44.7 Å². The molecule has 1 heteroatoms. The zero-order valence-corrected chi connectivity index (χ0v) is 15.0. The van der Waals surface area contributed by atoms with Crippen LogP contribution in [0.1, 0.15) is 44.7 Å². The van der Waals surface area contributed by atoms with Gasteiger partial charge in [0, 0.05) is 0 Å². The molecule has 1 aromatic rings. The quantitative estimate of drug-likeness (QED) is 0.423. The minimum atomic E-state index is -1.24. The lowest BCUT2D eigenvalue weighted by Crippen LogP contribution is -2.29. The Bertz CT molecular complexity index is 456. The summed E-state index contributed by atoms with van der Waals surface area (Å²) in [6.07, 6.45) is 7.21. The first kappa shape index (κ1) is 17.0. The van der Waals surface area contributed by atoms with E-state index in [-0.39, 0.29) is 0 Å². The zero-order chi connectivity index (χ0) is 15.2. The van der Waals surface area contributed by atoms with E-state index < -0.39 is 8.07 Å². The van der Waals surface area contributed by atoms with E-state index in [4.69, 9.17) is 0 Å². The van der Waals surface area contributed by atoms with Crippen molar-refractivity contribution < 1.29 is 0 Å². The summed E-state index contributed by atoms with van der Waals surface area (Å²) in [7, 11) is -1.24. The van der Waals surface area contributed by atoms with Crippen LogP contribution in [0.2, 0.25) is 19.6 Å². The molecular formula is C19H30Si. The average Bonchev–Trinajstić information content (AvgIpc) is 2.35. The van der Waals surface area contributed by atoms with Crippen LogP contribution in [0.25, 0.3) is 0 Å². The Morgan fingerprint density at radius 1 is 1.05 bits per heavy atom. The van der Waals surface area contributed by atoms with Crippen LogP contribution in [0.5, 0.6) is 0 Å². The third kappa shape index (κ3) is 5.92. The second-order valence-corrected chi connectivity index (χ2v) is 12.4. The monoisotopic (exact) mass is 286 g/mol. The molecule has 0 heterocycles. The van der Waals surface area contributed by atoms with Crippen LogP contribution in [-0.4, -0.2) is 8.07 Å². The summed E-state index contributed by atoms with van der Waals surface area (Å²) in [5.41, 5.74) is 5.05. The van der Waals surface area contributed by atoms with E-state index in [1.807, 2.05) is 0 Å². The van der Waals surface area contributed by atoms with E-state index >= 15 is 0 Å². The minimum Gasteiger partial charge on any atom is -0.0856 e. The Morgan fingerprint density at radius 3 is 2.15 bits per heavy atom. The van der Waals surface area contributed by atoms with E-state index in [0.717, 1.165) is 6.42 Å². The van der Waals surface area contributed by atoms with Gasteiger partial charge in [-0.15, -0.1) is 0 Å². The summed E-state index contributed by atoms with van der Waals surface area (Å²) in [5.74, 6) is 0. The van der Waals surface area contributed by atoms with Gasteiger partial charge in [0.1, 0.15) is 0 Å². The van der Waals surface area contributed by atoms with Crippen molar-refractivity contribution in [3.05, 3.63) is 59.2 Å². The molecule has 0 aliphatic rings. The van der Waals surface area contributed by atoms with Crippen molar-refractivity contribution in [1.82, 2.24) is 0 Å². The molecule has 0 aliphatic carbocycles. The molecule has 0 saturated heterocycles. The van der Waals surface area contributed by atoms with Crippen molar-refractivity contribution in [2.45, 2.75) is 58.8 Å². The molecule has 1 rings (SSSR count). The second-order valence-electron chi connectivity index (χ2n) is 7.09. The van der Waals surface area contributed by atoms with Gasteiger partial charge in [-0.25, -0.2) is 0 Å². The molecule has 0 amide bonds. The van der Waals surface area contributed by atoms with Crippen LogP contribution in [0.3, 0.4) is 0 Å². The lowest BCUT2D eigenvalue weighted by Gasteiger charge is -2.27. The largest absolute Gasteiger partial charge is 0.0856 e. The van der Waals surface area contributed by atoms with Crippen LogP contribution >= 0.6 is 0 Å². The fraction of sp³-hybridized carbons (Fsp3) is 0.474. The molecule has 0 spiro atoms. The highest BCUT2D eigenvalue weighted by Crippen LogP contribution is 2.30. The molecule has 1 aromatic carbocycles. The van der Waals surface area contributed by atoms with Crippen molar-refractivity contribution in [2.24, 2.45) is 0 Å². The van der Waals surface area contributed by atoms with Gasteiger partial charge in [-0.1, -0.05) is 73.3 Å². The third-order valence-electron chi connectivity index (χ3n) is 3.63. The highest BCUT2D eigenvalue weighted by Gasteiger charge is 2.26. The highest BCUT2D eigenvalue weighted by molar-refractivity contribution is 6.78. The first-order valence-corrected chi connectivity index (χ1v) is 11.2. The normalized spacial score (nSPS) is 14.0. The molecule has 110 valence electrons. The van der Waals surface area contributed by atoms with Crippen molar-refractivity contribution in [2.75, 3.05) is 0 Å². The summed E-state index contributed by atoms with van der Waals surface area (Å²) in [6, 6.07) is 11.0. The van der Waals surface area contributed by atoms with Gasteiger partial charge >= 0.3 is 0 Å². The van der Waals surface area contributed by atoms with E-state index in [1.54, 1.807) is 0 Å². The smallest absolute Gasteiger partial charge is 0.0565 e. The molecule has 20 heavy (non-hydrogen) atoms. The number of benzene rings is 1. The molecule has 1 atom stereocenters. The topological polar surface area (TPSA) is 0 Å². The molecule has 0 N–H and O–H groups in total. The van der Waals surface area contributed by atoms with Crippen LogP contribution < -0.4 is 0 Å². The molecule has 0 bridgehead atoms. The number of hydrogen-bond donors (Lipinski definition) is 0. The maximum absolute atomic E-state index is 2.53. The van der Waals surface area contributed by atoms with Gasteiger partial charge in [0.2, 0.25) is 0 Å². The van der Waals surface area contributed by atoms with Gasteiger partial charge < -0.3 is 0 Å². The van der Waals surface area contributed by atoms with E-state index in [9.17, 15) is 0 Å². The highest BCUT2D eigenvalue weighted by atomic mass is 28.3. The second kappa shape index (κ2) is 7.63. The lowest BCUT2D eigenvalue weighted by molar-refractivity contribution is 0.946. The Labute approximate surface area is 126 Å². The molecule has 0 nitrogen and oxygen atoms in total. The van der Waals surface area contributed by atoms with E-state index in [1.165, 1.54) is 23.1 Å². The molecule has 1 unspecified atom stereocenters. The predicted molar refractivity (Wildman–Crippen MR) is 95.0 cm³/mol.